The Kier molecular flexibility index (Phi) is 2.03. The Balaban J connectivity index is 2.15. The molecule has 1 atom stereocenters. The minimum absolute atomic E-state index is 0.271. The molecule has 3 aromatic rings. The lowest BCUT2D eigenvalue weighted by Crippen LogP contribution is -1.96. The highest BCUT2D eigenvalue weighted by Crippen LogP contribution is 2.29. The lowest BCUT2D eigenvalue weighted by Gasteiger charge is -2.09. The van der Waals surface area contributed by atoms with E-state index in [-0.39, 0.29) is 5.92 Å². The summed E-state index contributed by atoms with van der Waals surface area (Å²) in [5.74, 6) is 0.271. The van der Waals surface area contributed by atoms with Crippen LogP contribution in [0.3, 0.4) is 0 Å². The molecule has 0 amide bonds. The van der Waals surface area contributed by atoms with Crippen molar-refractivity contribution in [1.29, 1.82) is 0 Å². The number of H-pyrrole nitrogens is 1. The van der Waals surface area contributed by atoms with Crippen LogP contribution in [0.25, 0.3) is 11.0 Å². The van der Waals surface area contributed by atoms with Crippen LogP contribution < -0.4 is 0 Å². The zero-order chi connectivity index (χ0) is 11.0. The summed E-state index contributed by atoms with van der Waals surface area (Å²) < 4.78 is 5.40. The number of imidazole rings is 1. The minimum Gasteiger partial charge on any atom is -0.464 e. The quantitative estimate of drug-likeness (QED) is 0.708. The number of nitrogens with one attached hydrogen (secondary N) is 1. The van der Waals surface area contributed by atoms with Gasteiger partial charge in [-0.1, -0.05) is 19.1 Å². The SMILES string of the molecule is CC(c1c[nH]cn1)c1cccc2occc12. The molecular formula is C13H12N2O. The molecule has 2 aromatic heterocycles. The fraction of sp³-hybridized carbons (Fsp3) is 0.154. The molecule has 16 heavy (non-hydrogen) atoms. The highest BCUT2D eigenvalue weighted by Gasteiger charge is 2.13. The Morgan fingerprint density at radius 3 is 3.06 bits per heavy atom. The Morgan fingerprint density at radius 2 is 2.25 bits per heavy atom. The molecule has 1 aromatic carbocycles. The fourth-order valence-corrected chi connectivity index (χ4v) is 2.06. The predicted molar refractivity (Wildman–Crippen MR) is 62.3 cm³/mol. The summed E-state index contributed by atoms with van der Waals surface area (Å²) in [5, 5.41) is 1.16. The van der Waals surface area contributed by atoms with Crippen molar-refractivity contribution in [2.45, 2.75) is 12.8 Å². The van der Waals surface area contributed by atoms with E-state index < -0.39 is 0 Å². The molecule has 0 saturated heterocycles. The van der Waals surface area contributed by atoms with Gasteiger partial charge in [-0.3, -0.25) is 0 Å². The Hall–Kier alpha value is -2.03. The smallest absolute Gasteiger partial charge is 0.134 e. The summed E-state index contributed by atoms with van der Waals surface area (Å²) in [7, 11) is 0. The van der Waals surface area contributed by atoms with Crippen LogP contribution in [0, 0.1) is 0 Å². The van der Waals surface area contributed by atoms with Crippen LogP contribution in [-0.4, -0.2) is 9.97 Å². The van der Waals surface area contributed by atoms with Gasteiger partial charge in [-0.05, 0) is 17.7 Å². The second-order valence-corrected chi connectivity index (χ2v) is 3.90. The first-order valence-corrected chi connectivity index (χ1v) is 5.31. The fourth-order valence-electron chi connectivity index (χ4n) is 2.06. The number of aromatic amines is 1. The standard InChI is InChI=1S/C13H12N2O/c1-9(12-7-14-8-15-12)10-3-2-4-13-11(10)5-6-16-13/h2-9H,1H3,(H,14,15). The topological polar surface area (TPSA) is 41.8 Å². The van der Waals surface area contributed by atoms with Crippen LogP contribution in [0.15, 0.2) is 47.5 Å². The molecule has 3 heteroatoms. The van der Waals surface area contributed by atoms with Crippen LogP contribution in [0.2, 0.25) is 0 Å². The monoisotopic (exact) mass is 212 g/mol. The summed E-state index contributed by atoms with van der Waals surface area (Å²) >= 11 is 0. The van der Waals surface area contributed by atoms with Gasteiger partial charge < -0.3 is 9.40 Å². The summed E-state index contributed by atoms with van der Waals surface area (Å²) in [4.78, 5) is 7.29. The zero-order valence-corrected chi connectivity index (χ0v) is 8.97. The van der Waals surface area contributed by atoms with Crippen LogP contribution in [0.4, 0.5) is 0 Å². The van der Waals surface area contributed by atoms with Gasteiger partial charge in [0.1, 0.15) is 5.58 Å². The average Bonchev–Trinajstić information content (AvgIpc) is 2.98. The average molecular weight is 212 g/mol. The minimum atomic E-state index is 0.271. The van der Waals surface area contributed by atoms with Crippen molar-refractivity contribution in [2.75, 3.05) is 0 Å². The molecule has 0 radical (unpaired) electrons. The van der Waals surface area contributed by atoms with E-state index in [0.717, 1.165) is 16.7 Å². The number of hydrogen-bond donors (Lipinski definition) is 1. The third-order valence-corrected chi connectivity index (χ3v) is 2.96. The first kappa shape index (κ1) is 9.21. The molecule has 0 bridgehead atoms. The molecule has 3 nitrogen and oxygen atoms in total. The van der Waals surface area contributed by atoms with E-state index >= 15 is 0 Å². The number of aromatic nitrogens is 2. The van der Waals surface area contributed by atoms with Gasteiger partial charge in [0.15, 0.2) is 0 Å². The predicted octanol–water partition coefficient (Wildman–Crippen LogP) is 3.31. The number of nitrogens with zero attached hydrogens (tertiary/aromatic N) is 1. The Labute approximate surface area is 93.1 Å². The van der Waals surface area contributed by atoms with E-state index in [2.05, 4.69) is 23.0 Å². The van der Waals surface area contributed by atoms with Gasteiger partial charge in [-0.2, -0.15) is 0 Å². The number of benzene rings is 1. The Bertz CT molecular complexity index is 595. The van der Waals surface area contributed by atoms with E-state index in [0.29, 0.717) is 0 Å². The van der Waals surface area contributed by atoms with Crippen molar-refractivity contribution in [3.63, 3.8) is 0 Å². The molecule has 0 aliphatic heterocycles. The van der Waals surface area contributed by atoms with E-state index in [9.17, 15) is 0 Å². The number of rotatable bonds is 2. The maximum Gasteiger partial charge on any atom is 0.134 e. The molecule has 0 aliphatic rings. The number of fused-ring (bicyclic) bond motifs is 1. The molecular weight excluding hydrogens is 200 g/mol. The van der Waals surface area contributed by atoms with Crippen molar-refractivity contribution < 1.29 is 4.42 Å². The third kappa shape index (κ3) is 1.33. The van der Waals surface area contributed by atoms with E-state index in [1.807, 2.05) is 24.4 Å². The zero-order valence-electron chi connectivity index (χ0n) is 8.97. The lowest BCUT2D eigenvalue weighted by molar-refractivity contribution is 0.615. The Morgan fingerprint density at radius 1 is 1.31 bits per heavy atom. The van der Waals surface area contributed by atoms with Gasteiger partial charge in [-0.25, -0.2) is 4.98 Å². The molecule has 0 aliphatic carbocycles. The van der Waals surface area contributed by atoms with Crippen molar-refractivity contribution in [2.24, 2.45) is 0 Å². The van der Waals surface area contributed by atoms with Gasteiger partial charge in [0.05, 0.1) is 18.3 Å². The van der Waals surface area contributed by atoms with Gasteiger partial charge in [0.2, 0.25) is 0 Å². The van der Waals surface area contributed by atoms with Gasteiger partial charge in [0, 0.05) is 17.5 Å². The summed E-state index contributed by atoms with van der Waals surface area (Å²) in [6.45, 7) is 2.15. The molecule has 80 valence electrons. The van der Waals surface area contributed by atoms with Gasteiger partial charge >= 0.3 is 0 Å². The van der Waals surface area contributed by atoms with E-state index in [4.69, 9.17) is 4.42 Å². The van der Waals surface area contributed by atoms with Crippen molar-refractivity contribution in [3.8, 4) is 0 Å². The summed E-state index contributed by atoms with van der Waals surface area (Å²) in [6.07, 6.45) is 5.37. The molecule has 0 spiro atoms. The molecule has 1 unspecified atom stereocenters. The van der Waals surface area contributed by atoms with Crippen molar-refractivity contribution in [1.82, 2.24) is 9.97 Å². The van der Waals surface area contributed by atoms with Crippen molar-refractivity contribution in [3.05, 3.63) is 54.3 Å². The summed E-state index contributed by atoms with van der Waals surface area (Å²) in [6, 6.07) is 8.13. The van der Waals surface area contributed by atoms with Crippen LogP contribution in [-0.2, 0) is 0 Å². The lowest BCUT2D eigenvalue weighted by atomic mass is 9.95. The second-order valence-electron chi connectivity index (χ2n) is 3.90. The first-order valence-electron chi connectivity index (χ1n) is 5.31. The molecule has 2 heterocycles. The third-order valence-electron chi connectivity index (χ3n) is 2.96. The molecule has 1 N–H and O–H groups in total. The highest BCUT2D eigenvalue weighted by atomic mass is 16.3. The second kappa shape index (κ2) is 3.52. The number of hydrogen-bond acceptors (Lipinski definition) is 2. The van der Waals surface area contributed by atoms with Gasteiger partial charge in [0.25, 0.3) is 0 Å². The maximum atomic E-state index is 5.40. The molecule has 0 saturated carbocycles. The van der Waals surface area contributed by atoms with E-state index in [1.165, 1.54) is 5.56 Å². The maximum absolute atomic E-state index is 5.40. The van der Waals surface area contributed by atoms with Crippen LogP contribution >= 0.6 is 0 Å². The first-order chi connectivity index (χ1) is 7.86. The van der Waals surface area contributed by atoms with E-state index in [1.54, 1.807) is 12.6 Å². The van der Waals surface area contributed by atoms with Crippen LogP contribution in [0.1, 0.15) is 24.1 Å². The summed E-state index contributed by atoms with van der Waals surface area (Å²) in [5.41, 5.74) is 3.23. The molecule has 0 fully saturated rings. The van der Waals surface area contributed by atoms with Gasteiger partial charge in [-0.15, -0.1) is 0 Å². The van der Waals surface area contributed by atoms with Crippen molar-refractivity contribution >= 4 is 11.0 Å². The highest BCUT2D eigenvalue weighted by molar-refractivity contribution is 5.81. The molecule has 3 rings (SSSR count). The number of furan rings is 1. The van der Waals surface area contributed by atoms with Crippen LogP contribution in [0.5, 0.6) is 0 Å². The largest absolute Gasteiger partial charge is 0.464 e. The normalized spacial score (nSPS) is 13.1.